The fourth-order valence-electron chi connectivity index (χ4n) is 3.22. The summed E-state index contributed by atoms with van der Waals surface area (Å²) in [5, 5.41) is 13.5. The fourth-order valence-corrected chi connectivity index (χ4v) is 4.07. The van der Waals surface area contributed by atoms with E-state index in [-0.39, 0.29) is 11.8 Å². The third kappa shape index (κ3) is 4.15. The third-order valence-corrected chi connectivity index (χ3v) is 5.64. The fraction of sp³-hybridized carbons (Fsp3) is 0.238. The normalized spacial score (nSPS) is 15.2. The van der Waals surface area contributed by atoms with Gasteiger partial charge in [-0.15, -0.1) is 0 Å². The number of nitrogens with one attached hydrogen (secondary N) is 1. The lowest BCUT2D eigenvalue weighted by Crippen LogP contribution is -2.02. The first-order valence-electron chi connectivity index (χ1n) is 9.35. The van der Waals surface area contributed by atoms with E-state index in [2.05, 4.69) is 15.3 Å². The van der Waals surface area contributed by atoms with Gasteiger partial charge in [0.2, 0.25) is 11.6 Å². The van der Waals surface area contributed by atoms with Crippen molar-refractivity contribution in [3.63, 3.8) is 0 Å². The lowest BCUT2D eigenvalue weighted by molar-refractivity contribution is 0.320. The number of phenolic OH excluding ortho intramolecular Hbond substituents is 1. The summed E-state index contributed by atoms with van der Waals surface area (Å²) in [6, 6.07) is 10.3. The van der Waals surface area contributed by atoms with Crippen LogP contribution >= 0.6 is 11.3 Å². The molecule has 2 heterocycles. The topological polar surface area (TPSA) is 120 Å². The van der Waals surface area contributed by atoms with E-state index in [1.54, 1.807) is 51.7 Å². The highest BCUT2D eigenvalue weighted by Gasteiger charge is 2.26. The van der Waals surface area contributed by atoms with Gasteiger partial charge in [0.25, 0.3) is 0 Å². The number of nitrogen functional groups attached to an aromatic ring is 1. The van der Waals surface area contributed by atoms with E-state index in [4.69, 9.17) is 24.7 Å². The van der Waals surface area contributed by atoms with Crippen molar-refractivity contribution in [3.8, 4) is 23.0 Å². The second-order valence-electron chi connectivity index (χ2n) is 6.63. The average molecular weight is 442 g/mol. The Morgan fingerprint density at radius 1 is 1.13 bits per heavy atom. The number of methoxy groups -OCH3 is 3. The smallest absolute Gasteiger partial charge is 0.231 e. The number of aromatic nitrogens is 1. The van der Waals surface area contributed by atoms with Gasteiger partial charge in [-0.05, 0) is 17.7 Å². The minimum Gasteiger partial charge on any atom is -0.508 e. The van der Waals surface area contributed by atoms with Crippen LogP contribution in [0.1, 0.15) is 16.5 Å². The quantitative estimate of drug-likeness (QED) is 0.506. The first kappa shape index (κ1) is 20.6. The van der Waals surface area contributed by atoms with Crippen molar-refractivity contribution in [3.05, 3.63) is 46.8 Å². The molecule has 9 nitrogen and oxygen atoms in total. The van der Waals surface area contributed by atoms with Crippen LogP contribution in [0.5, 0.6) is 23.0 Å². The molecule has 10 heteroatoms. The van der Waals surface area contributed by atoms with Crippen LogP contribution in [0.2, 0.25) is 0 Å². The lowest BCUT2D eigenvalue weighted by Gasteiger charge is -2.14. The summed E-state index contributed by atoms with van der Waals surface area (Å²) in [5.74, 6) is 2.48. The number of aliphatic imine (C=N–C) groups is 1. The van der Waals surface area contributed by atoms with E-state index >= 15 is 0 Å². The minimum atomic E-state index is -0.213. The second-order valence-corrected chi connectivity index (χ2v) is 7.63. The van der Waals surface area contributed by atoms with Crippen LogP contribution in [0.3, 0.4) is 0 Å². The predicted molar refractivity (Wildman–Crippen MR) is 119 cm³/mol. The van der Waals surface area contributed by atoms with Crippen molar-refractivity contribution in [2.24, 2.45) is 4.99 Å². The molecule has 1 atom stereocenters. The number of hydrogen-bond donors (Lipinski definition) is 3. The number of nitrogens with zero attached hydrogens (tertiary/aromatic N) is 2. The van der Waals surface area contributed by atoms with Crippen LogP contribution < -0.4 is 25.3 Å². The van der Waals surface area contributed by atoms with Crippen molar-refractivity contribution >= 4 is 33.9 Å². The van der Waals surface area contributed by atoms with Gasteiger partial charge < -0.3 is 35.1 Å². The second kappa shape index (κ2) is 8.60. The highest BCUT2D eigenvalue weighted by atomic mass is 32.1. The number of hydrogen-bond acceptors (Lipinski definition) is 10. The zero-order chi connectivity index (χ0) is 22.0. The molecule has 0 saturated heterocycles. The molecule has 2 aromatic carbocycles. The van der Waals surface area contributed by atoms with Gasteiger partial charge in [-0.1, -0.05) is 23.5 Å². The average Bonchev–Trinajstić information content (AvgIpc) is 3.39. The molecule has 1 aliphatic heterocycles. The highest BCUT2D eigenvalue weighted by Crippen LogP contribution is 2.41. The van der Waals surface area contributed by atoms with Crippen LogP contribution in [-0.2, 0) is 4.74 Å². The molecule has 1 aliphatic rings. The van der Waals surface area contributed by atoms with E-state index < -0.39 is 0 Å². The zero-order valence-electron chi connectivity index (χ0n) is 17.2. The maximum absolute atomic E-state index is 9.70. The van der Waals surface area contributed by atoms with Crippen LogP contribution in [0.25, 0.3) is 0 Å². The predicted octanol–water partition coefficient (Wildman–Crippen LogP) is 3.72. The van der Waals surface area contributed by atoms with Crippen LogP contribution in [0.4, 0.5) is 16.6 Å². The monoisotopic (exact) mass is 442 g/mol. The Balaban J connectivity index is 1.58. The van der Waals surface area contributed by atoms with Gasteiger partial charge in [-0.25, -0.2) is 9.98 Å². The summed E-state index contributed by atoms with van der Waals surface area (Å²) in [7, 11) is 4.66. The molecule has 4 rings (SSSR count). The van der Waals surface area contributed by atoms with Gasteiger partial charge in [0, 0.05) is 17.8 Å². The van der Waals surface area contributed by atoms with Crippen molar-refractivity contribution < 1.29 is 24.1 Å². The van der Waals surface area contributed by atoms with Gasteiger partial charge >= 0.3 is 0 Å². The molecule has 4 N–H and O–H groups in total. The minimum absolute atomic E-state index is 0.190. The van der Waals surface area contributed by atoms with Crippen molar-refractivity contribution in [1.82, 2.24) is 4.98 Å². The maximum atomic E-state index is 9.70. The summed E-state index contributed by atoms with van der Waals surface area (Å²) in [6.07, 6.45) is 0. The van der Waals surface area contributed by atoms with Gasteiger partial charge in [0.1, 0.15) is 29.1 Å². The summed E-state index contributed by atoms with van der Waals surface area (Å²) in [4.78, 5) is 9.64. The molecular weight excluding hydrogens is 420 g/mol. The summed E-state index contributed by atoms with van der Waals surface area (Å²) in [5.41, 5.74) is 7.70. The number of nitrogens with two attached hydrogens (primary N) is 1. The van der Waals surface area contributed by atoms with Crippen LogP contribution in [0.15, 0.2) is 41.4 Å². The van der Waals surface area contributed by atoms with E-state index in [1.807, 2.05) is 6.07 Å². The van der Waals surface area contributed by atoms with Gasteiger partial charge in [0.15, 0.2) is 16.6 Å². The molecule has 0 aliphatic carbocycles. The van der Waals surface area contributed by atoms with Crippen molar-refractivity contribution in [2.45, 2.75) is 6.04 Å². The summed E-state index contributed by atoms with van der Waals surface area (Å²) in [6.45, 7) is 0.367. The van der Waals surface area contributed by atoms with E-state index in [0.717, 1.165) is 5.56 Å². The molecule has 0 bridgehead atoms. The maximum Gasteiger partial charge on any atom is 0.231 e. The number of anilines is 3. The van der Waals surface area contributed by atoms with Crippen molar-refractivity contribution in [1.29, 1.82) is 0 Å². The molecule has 0 unspecified atom stereocenters. The summed E-state index contributed by atoms with van der Waals surface area (Å²) >= 11 is 1.32. The summed E-state index contributed by atoms with van der Waals surface area (Å²) < 4.78 is 21.9. The number of ether oxygens (including phenoxy) is 4. The Morgan fingerprint density at radius 2 is 1.87 bits per heavy atom. The number of rotatable bonds is 7. The standard InChI is InChI=1S/C21H22N4O5S/c1-27-15-8-12(9-16(28-2)17(15)29-3)23-21-25-19(22)18(31-21)20-24-14(10-30-20)11-5-4-6-13(26)7-11/h4-9,14,26H,10,22H2,1-3H3,(H,23,25)/t14-/m1/s1. The van der Waals surface area contributed by atoms with Gasteiger partial charge in [-0.2, -0.15) is 0 Å². The number of aromatic hydroxyl groups is 1. The molecular formula is C21H22N4O5S. The number of thiazole rings is 1. The Labute approximate surface area is 183 Å². The third-order valence-electron chi connectivity index (χ3n) is 4.67. The molecule has 0 amide bonds. The largest absolute Gasteiger partial charge is 0.508 e. The first-order valence-corrected chi connectivity index (χ1v) is 10.2. The lowest BCUT2D eigenvalue weighted by atomic mass is 10.1. The van der Waals surface area contributed by atoms with Crippen LogP contribution in [-0.4, -0.2) is 43.9 Å². The molecule has 31 heavy (non-hydrogen) atoms. The van der Waals surface area contributed by atoms with E-state index in [9.17, 15) is 5.11 Å². The molecule has 1 aromatic heterocycles. The van der Waals surface area contributed by atoms with E-state index in [1.165, 1.54) is 11.3 Å². The molecule has 3 aromatic rings. The molecule has 0 spiro atoms. The molecule has 0 saturated carbocycles. The molecule has 0 fully saturated rings. The molecule has 162 valence electrons. The molecule has 0 radical (unpaired) electrons. The van der Waals surface area contributed by atoms with Crippen molar-refractivity contribution in [2.75, 3.05) is 39.0 Å². The Kier molecular flexibility index (Phi) is 5.72. The number of phenols is 1. The van der Waals surface area contributed by atoms with E-state index in [0.29, 0.717) is 51.3 Å². The Hall–Kier alpha value is -3.66. The van der Waals surface area contributed by atoms with Crippen LogP contribution in [0, 0.1) is 0 Å². The SMILES string of the molecule is COc1cc(Nc2nc(N)c(C3=N[C@@H](c4cccc(O)c4)CO3)s2)cc(OC)c1OC. The first-order chi connectivity index (χ1) is 15.0. The highest BCUT2D eigenvalue weighted by molar-refractivity contribution is 7.18. The Bertz CT molecular complexity index is 1110. The Morgan fingerprint density at radius 3 is 2.52 bits per heavy atom. The van der Waals surface area contributed by atoms with Gasteiger partial charge in [-0.3, -0.25) is 0 Å². The number of benzene rings is 2. The van der Waals surface area contributed by atoms with Gasteiger partial charge in [0.05, 0.1) is 21.3 Å². The zero-order valence-corrected chi connectivity index (χ0v) is 18.0.